The van der Waals surface area contributed by atoms with E-state index in [0.29, 0.717) is 19.3 Å². The van der Waals surface area contributed by atoms with Crippen molar-refractivity contribution >= 4 is 17.9 Å². The van der Waals surface area contributed by atoms with Crippen molar-refractivity contribution in [1.29, 1.82) is 0 Å². The van der Waals surface area contributed by atoms with E-state index >= 15 is 0 Å². The minimum Gasteiger partial charge on any atom is -0.462 e. The average molecular weight is 1040 g/mol. The van der Waals surface area contributed by atoms with Gasteiger partial charge in [0.15, 0.2) is 6.10 Å². The molecule has 1 unspecified atom stereocenters. The second kappa shape index (κ2) is 62.6. The maximum Gasteiger partial charge on any atom is 0.306 e. The van der Waals surface area contributed by atoms with Crippen LogP contribution in [-0.4, -0.2) is 37.2 Å². The first-order chi connectivity index (χ1) is 37.0. The number of rotatable bonds is 56. The van der Waals surface area contributed by atoms with Crippen LogP contribution in [0.4, 0.5) is 0 Å². The second-order valence-corrected chi connectivity index (χ2v) is 20.6. The highest BCUT2D eigenvalue weighted by molar-refractivity contribution is 5.71. The minimum absolute atomic E-state index is 0.0927. The lowest BCUT2D eigenvalue weighted by Gasteiger charge is -2.18. The van der Waals surface area contributed by atoms with Crippen LogP contribution < -0.4 is 0 Å². The number of esters is 3. The summed E-state index contributed by atoms with van der Waals surface area (Å²) in [4.78, 5) is 38.3. The maximum atomic E-state index is 12.9. The number of unbranched alkanes of at least 4 members (excludes halogenated alkanes) is 27. The Hall–Kier alpha value is -3.93. The van der Waals surface area contributed by atoms with Crippen molar-refractivity contribution in [3.63, 3.8) is 0 Å². The van der Waals surface area contributed by atoms with Crippen LogP contribution in [0.1, 0.15) is 290 Å². The third-order valence-electron chi connectivity index (χ3n) is 13.2. The van der Waals surface area contributed by atoms with Gasteiger partial charge in [0.25, 0.3) is 0 Å². The molecule has 0 aromatic heterocycles. The lowest BCUT2D eigenvalue weighted by Crippen LogP contribution is -2.30. The summed E-state index contributed by atoms with van der Waals surface area (Å²) in [5.74, 6) is -0.921. The first kappa shape index (κ1) is 71.1. The van der Waals surface area contributed by atoms with Gasteiger partial charge in [-0.05, 0) is 128 Å². The molecule has 75 heavy (non-hydrogen) atoms. The molecule has 0 aromatic rings. The van der Waals surface area contributed by atoms with E-state index in [9.17, 15) is 14.4 Å². The molecular weight excluding hydrogens is 925 g/mol. The summed E-state index contributed by atoms with van der Waals surface area (Å²) in [7, 11) is 0. The molecule has 0 radical (unpaired) electrons. The van der Waals surface area contributed by atoms with E-state index in [2.05, 4.69) is 130 Å². The van der Waals surface area contributed by atoms with E-state index in [1.165, 1.54) is 116 Å². The highest BCUT2D eigenvalue weighted by Crippen LogP contribution is 2.15. The van der Waals surface area contributed by atoms with Gasteiger partial charge in [0.05, 0.1) is 0 Å². The van der Waals surface area contributed by atoms with Gasteiger partial charge >= 0.3 is 17.9 Å². The van der Waals surface area contributed by atoms with Crippen molar-refractivity contribution in [3.05, 3.63) is 109 Å². The number of hydrogen-bond donors (Lipinski definition) is 0. The summed E-state index contributed by atoms with van der Waals surface area (Å²) < 4.78 is 16.9. The van der Waals surface area contributed by atoms with Gasteiger partial charge in [0.2, 0.25) is 0 Å². The van der Waals surface area contributed by atoms with Crippen molar-refractivity contribution in [3.8, 4) is 0 Å². The molecule has 6 nitrogen and oxygen atoms in total. The number of carbonyl (C=O) groups is 3. The zero-order chi connectivity index (χ0) is 54.3. The SMILES string of the molecule is CC/C=C\C/C=C\C/C=C\C/C=C\C/C=C\CCCCCCCC(=O)OCC(COC(=O)CCCCCCCCC/C=C\C/C=C\CCCCCC)OC(=O)CCCCCCCCC/C=C\C/C=C\CCCCCC. The number of ether oxygens (including phenoxy) is 3. The molecule has 0 N–H and O–H groups in total. The third kappa shape index (κ3) is 60.8. The Bertz CT molecular complexity index is 1520. The Labute approximate surface area is 463 Å². The zero-order valence-electron chi connectivity index (χ0n) is 49.0. The first-order valence-corrected chi connectivity index (χ1v) is 31.4. The minimum atomic E-state index is -0.798. The number of carbonyl (C=O) groups excluding carboxylic acids is 3. The van der Waals surface area contributed by atoms with Crippen LogP contribution in [0.25, 0.3) is 0 Å². The van der Waals surface area contributed by atoms with Gasteiger partial charge in [0.1, 0.15) is 13.2 Å². The molecular formula is C69H116O6. The van der Waals surface area contributed by atoms with Gasteiger partial charge < -0.3 is 14.2 Å². The molecule has 428 valence electrons. The van der Waals surface area contributed by atoms with E-state index in [4.69, 9.17) is 14.2 Å². The molecule has 0 aromatic carbocycles. The van der Waals surface area contributed by atoms with Gasteiger partial charge in [-0.25, -0.2) is 0 Å². The molecule has 0 spiro atoms. The monoisotopic (exact) mass is 1040 g/mol. The smallest absolute Gasteiger partial charge is 0.306 e. The van der Waals surface area contributed by atoms with E-state index in [1.54, 1.807) is 0 Å². The standard InChI is InChI=1S/C69H116O6/c1-4-7-10-13-16-19-22-25-28-31-34-35-36-39-41-44-47-50-53-56-59-62-68(71)74-65-66(75-69(72)63-60-57-54-51-48-45-42-38-33-30-27-24-21-18-15-12-9-6-3)64-73-67(70)61-58-55-52-49-46-43-40-37-32-29-26-23-20-17-14-11-8-5-2/h7,10,16,19-21,23-25,28-30,32-35,39,41,66H,4-6,8-9,11-15,17-18,22,26-27,31,36-38,40,42-65H2,1-3H3/b10-7-,19-16-,23-20-,24-21-,28-25-,32-29-,33-30-,35-34-,41-39-. The van der Waals surface area contributed by atoms with Gasteiger partial charge in [-0.2, -0.15) is 0 Å². The topological polar surface area (TPSA) is 78.9 Å². The lowest BCUT2D eigenvalue weighted by molar-refractivity contribution is -0.167. The third-order valence-corrected chi connectivity index (χ3v) is 13.2. The predicted octanol–water partition coefficient (Wildman–Crippen LogP) is 21.4. The van der Waals surface area contributed by atoms with Crippen molar-refractivity contribution < 1.29 is 28.6 Å². The van der Waals surface area contributed by atoms with Crippen LogP contribution in [0.5, 0.6) is 0 Å². The molecule has 0 saturated carbocycles. The van der Waals surface area contributed by atoms with Gasteiger partial charge in [-0.3, -0.25) is 14.4 Å². The molecule has 0 saturated heterocycles. The molecule has 1 atom stereocenters. The van der Waals surface area contributed by atoms with Crippen molar-refractivity contribution in [2.24, 2.45) is 0 Å². The van der Waals surface area contributed by atoms with E-state index in [1.807, 2.05) is 0 Å². The molecule has 0 heterocycles. The Morgan fingerprint density at radius 3 is 0.813 bits per heavy atom. The van der Waals surface area contributed by atoms with Gasteiger partial charge in [-0.15, -0.1) is 0 Å². The highest BCUT2D eigenvalue weighted by Gasteiger charge is 2.19. The summed E-state index contributed by atoms with van der Waals surface area (Å²) >= 11 is 0. The summed E-state index contributed by atoms with van der Waals surface area (Å²) in [5, 5.41) is 0. The quantitative estimate of drug-likeness (QED) is 0.0261. The number of hydrogen-bond acceptors (Lipinski definition) is 6. The first-order valence-electron chi connectivity index (χ1n) is 31.4. The van der Waals surface area contributed by atoms with E-state index in [-0.39, 0.29) is 31.1 Å². The molecule has 6 heteroatoms. The summed E-state index contributed by atoms with van der Waals surface area (Å²) in [6.45, 7) is 6.48. The zero-order valence-corrected chi connectivity index (χ0v) is 49.0. The fourth-order valence-corrected chi connectivity index (χ4v) is 8.53. The van der Waals surface area contributed by atoms with E-state index < -0.39 is 6.10 Å². The lowest BCUT2D eigenvalue weighted by atomic mass is 10.1. The average Bonchev–Trinajstić information content (AvgIpc) is 3.41. The van der Waals surface area contributed by atoms with Crippen LogP contribution in [0.15, 0.2) is 109 Å². The normalized spacial score (nSPS) is 12.8. The maximum absolute atomic E-state index is 12.9. The Morgan fingerprint density at radius 2 is 0.520 bits per heavy atom. The summed E-state index contributed by atoms with van der Waals surface area (Å²) in [5.41, 5.74) is 0. The van der Waals surface area contributed by atoms with E-state index in [0.717, 1.165) is 135 Å². The van der Waals surface area contributed by atoms with Crippen LogP contribution in [0.3, 0.4) is 0 Å². The molecule has 0 amide bonds. The Balaban J connectivity index is 4.46. The molecule has 0 aliphatic carbocycles. The van der Waals surface area contributed by atoms with Crippen LogP contribution >= 0.6 is 0 Å². The molecule has 0 aliphatic rings. The van der Waals surface area contributed by atoms with Gasteiger partial charge in [-0.1, -0.05) is 252 Å². The van der Waals surface area contributed by atoms with Crippen LogP contribution in [0.2, 0.25) is 0 Å². The predicted molar refractivity (Wildman–Crippen MR) is 325 cm³/mol. The van der Waals surface area contributed by atoms with Crippen LogP contribution in [-0.2, 0) is 28.6 Å². The molecule has 0 fully saturated rings. The van der Waals surface area contributed by atoms with Crippen molar-refractivity contribution in [1.82, 2.24) is 0 Å². The van der Waals surface area contributed by atoms with Crippen molar-refractivity contribution in [2.45, 2.75) is 297 Å². The summed E-state index contributed by atoms with van der Waals surface area (Å²) in [6, 6.07) is 0. The fourth-order valence-electron chi connectivity index (χ4n) is 8.53. The van der Waals surface area contributed by atoms with Crippen LogP contribution in [0, 0.1) is 0 Å². The largest absolute Gasteiger partial charge is 0.462 e. The second-order valence-electron chi connectivity index (χ2n) is 20.6. The Morgan fingerprint density at radius 1 is 0.280 bits per heavy atom. The van der Waals surface area contributed by atoms with Gasteiger partial charge in [0, 0.05) is 19.3 Å². The molecule has 0 bridgehead atoms. The fraction of sp³-hybridized carbons (Fsp3) is 0.696. The Kier molecular flexibility index (Phi) is 59.3. The van der Waals surface area contributed by atoms with Crippen molar-refractivity contribution in [2.75, 3.05) is 13.2 Å². The molecule has 0 rings (SSSR count). The summed E-state index contributed by atoms with van der Waals surface area (Å²) in [6.07, 6.45) is 85.0. The number of allylic oxidation sites excluding steroid dienone is 18. The highest BCUT2D eigenvalue weighted by atomic mass is 16.6. The molecule has 0 aliphatic heterocycles.